The van der Waals surface area contributed by atoms with Crippen LogP contribution in [0.3, 0.4) is 0 Å². The number of nitrogens with zero attached hydrogens (tertiary/aromatic N) is 1. The smallest absolute Gasteiger partial charge is 0.258 e. The zero-order chi connectivity index (χ0) is 28.4. The van der Waals surface area contributed by atoms with Crippen LogP contribution in [-0.4, -0.2) is 70.2 Å². The lowest BCUT2D eigenvalue weighted by atomic mass is 9.93. The van der Waals surface area contributed by atoms with Gasteiger partial charge in [-0.2, -0.15) is 4.31 Å². The molecule has 2 fully saturated rings. The first-order chi connectivity index (χ1) is 18.4. The van der Waals surface area contributed by atoms with Gasteiger partial charge in [-0.3, -0.25) is 4.79 Å². The molecule has 2 saturated heterocycles. The van der Waals surface area contributed by atoms with Crippen molar-refractivity contribution in [3.63, 3.8) is 0 Å². The van der Waals surface area contributed by atoms with Crippen molar-refractivity contribution < 1.29 is 26.0 Å². The van der Waals surface area contributed by atoms with E-state index in [2.05, 4.69) is 26.6 Å². The van der Waals surface area contributed by atoms with Crippen LogP contribution in [0.25, 0.3) is 11.1 Å². The number of carbonyl (C=O) groups excluding carboxylic acids is 1. The average molecular weight is 663 g/mol. The molecule has 2 heterocycles. The van der Waals surface area contributed by atoms with E-state index < -0.39 is 42.7 Å². The van der Waals surface area contributed by atoms with Gasteiger partial charge in [0.05, 0.1) is 10.1 Å². The Morgan fingerprint density at radius 2 is 1.85 bits per heavy atom. The van der Waals surface area contributed by atoms with Crippen molar-refractivity contribution in [3.8, 4) is 11.1 Å². The summed E-state index contributed by atoms with van der Waals surface area (Å²) >= 11 is 9.74. The Labute approximate surface area is 242 Å². The van der Waals surface area contributed by atoms with Gasteiger partial charge in [-0.1, -0.05) is 58.7 Å². The molecule has 2 aliphatic rings. The first kappa shape index (κ1) is 30.1. The summed E-state index contributed by atoms with van der Waals surface area (Å²) < 4.78 is 69.5. The molecular weight excluding hydrogens is 633 g/mol. The molecule has 0 aliphatic carbocycles. The standard InChI is InChI=1S/C26H30BrClFN3O5S2/c1-2-19(9-14-38(34,35)20-16-30-17-20)31-25(33)26(29)10-12-32(13-11-26)39(36,37)24-8-7-18(27)15-22(24)21-5-3-4-6-23(21)28/h3-9,14-15,19-20,30H,2,10-13,16-17H2,1H3,(H,31,33)/b14-9+/t19-/m0/s1. The second-order valence-electron chi connectivity index (χ2n) is 9.68. The second kappa shape index (κ2) is 12.0. The lowest BCUT2D eigenvalue weighted by molar-refractivity contribution is -0.135. The van der Waals surface area contributed by atoms with Gasteiger partial charge in [0.2, 0.25) is 10.0 Å². The van der Waals surface area contributed by atoms with Crippen LogP contribution in [0.5, 0.6) is 0 Å². The van der Waals surface area contributed by atoms with E-state index in [1.165, 1.54) is 16.4 Å². The van der Waals surface area contributed by atoms with E-state index in [4.69, 9.17) is 11.6 Å². The molecule has 2 aromatic carbocycles. The molecule has 8 nitrogen and oxygen atoms in total. The van der Waals surface area contributed by atoms with Gasteiger partial charge >= 0.3 is 0 Å². The van der Waals surface area contributed by atoms with Crippen molar-refractivity contribution in [2.45, 2.75) is 48.0 Å². The zero-order valence-corrected chi connectivity index (χ0v) is 25.2. The van der Waals surface area contributed by atoms with E-state index in [-0.39, 0.29) is 30.8 Å². The second-order valence-corrected chi connectivity index (χ2v) is 15.0. The van der Waals surface area contributed by atoms with Crippen molar-refractivity contribution in [1.82, 2.24) is 14.9 Å². The zero-order valence-electron chi connectivity index (χ0n) is 21.2. The highest BCUT2D eigenvalue weighted by Crippen LogP contribution is 2.37. The molecule has 0 bridgehead atoms. The van der Waals surface area contributed by atoms with Crippen molar-refractivity contribution in [2.24, 2.45) is 0 Å². The number of sulfonamides is 1. The largest absolute Gasteiger partial charge is 0.347 e. The maximum atomic E-state index is 15.7. The van der Waals surface area contributed by atoms with Gasteiger partial charge in [-0.25, -0.2) is 21.2 Å². The summed E-state index contributed by atoms with van der Waals surface area (Å²) in [5.74, 6) is -0.876. The molecule has 212 valence electrons. The SMILES string of the molecule is CC[C@@H](/C=C/S(=O)(=O)C1CNC1)NC(=O)C1(F)CCN(S(=O)(=O)c2ccc(Br)cc2-c2ccccc2Cl)CC1. The molecule has 0 aromatic heterocycles. The van der Waals surface area contributed by atoms with Crippen molar-refractivity contribution in [2.75, 3.05) is 26.2 Å². The number of benzene rings is 2. The van der Waals surface area contributed by atoms with Gasteiger partial charge in [0.25, 0.3) is 5.91 Å². The number of halogens is 3. The normalized spacial score (nSPS) is 19.5. The minimum Gasteiger partial charge on any atom is -0.347 e. The Balaban J connectivity index is 1.47. The number of alkyl halides is 1. The third-order valence-electron chi connectivity index (χ3n) is 7.11. The maximum absolute atomic E-state index is 15.7. The van der Waals surface area contributed by atoms with E-state index in [1.54, 1.807) is 43.3 Å². The van der Waals surface area contributed by atoms with Crippen molar-refractivity contribution in [3.05, 3.63) is 63.4 Å². The third kappa shape index (κ3) is 6.57. The number of piperidine rings is 1. The number of hydrogen-bond donors (Lipinski definition) is 2. The van der Waals surface area contributed by atoms with Gasteiger partial charge in [-0.15, -0.1) is 0 Å². The van der Waals surface area contributed by atoms with E-state index in [1.807, 2.05) is 0 Å². The number of nitrogens with one attached hydrogen (secondary N) is 2. The number of amides is 1. The van der Waals surface area contributed by atoms with E-state index in [0.717, 1.165) is 5.41 Å². The fourth-order valence-corrected chi connectivity index (χ4v) is 8.02. The summed E-state index contributed by atoms with van der Waals surface area (Å²) in [4.78, 5) is 12.9. The average Bonchev–Trinajstić information content (AvgIpc) is 2.85. The summed E-state index contributed by atoms with van der Waals surface area (Å²) in [6.45, 7) is 2.12. The fraction of sp³-hybridized carbons (Fsp3) is 0.423. The van der Waals surface area contributed by atoms with Crippen molar-refractivity contribution >= 4 is 53.3 Å². The van der Waals surface area contributed by atoms with Crippen LogP contribution < -0.4 is 10.6 Å². The van der Waals surface area contributed by atoms with Crippen molar-refractivity contribution in [1.29, 1.82) is 0 Å². The molecule has 1 amide bonds. The van der Waals surface area contributed by atoms with E-state index >= 15 is 4.39 Å². The molecule has 0 saturated carbocycles. The number of rotatable bonds is 9. The number of carbonyl (C=O) groups is 1. The minimum atomic E-state index is -4.04. The summed E-state index contributed by atoms with van der Waals surface area (Å²) in [5.41, 5.74) is -1.32. The Morgan fingerprint density at radius 1 is 1.18 bits per heavy atom. The van der Waals surface area contributed by atoms with Crippen LogP contribution in [-0.2, 0) is 24.7 Å². The van der Waals surface area contributed by atoms with Crippen LogP contribution in [0.4, 0.5) is 4.39 Å². The molecule has 1 atom stereocenters. The minimum absolute atomic E-state index is 0.0358. The molecule has 4 rings (SSSR count). The molecule has 2 aromatic rings. The monoisotopic (exact) mass is 661 g/mol. The summed E-state index contributed by atoms with van der Waals surface area (Å²) in [7, 11) is -7.49. The topological polar surface area (TPSA) is 113 Å². The summed E-state index contributed by atoms with van der Waals surface area (Å²) in [6, 6.07) is 11.0. The van der Waals surface area contributed by atoms with Crippen LogP contribution in [0.15, 0.2) is 63.3 Å². The van der Waals surface area contributed by atoms with Gasteiger partial charge in [0.1, 0.15) is 0 Å². The Kier molecular flexibility index (Phi) is 9.24. The van der Waals surface area contributed by atoms with E-state index in [0.29, 0.717) is 40.1 Å². The van der Waals surface area contributed by atoms with Crippen LogP contribution in [0, 0.1) is 0 Å². The molecule has 0 radical (unpaired) electrons. The Hall–Kier alpha value is -1.83. The van der Waals surface area contributed by atoms with Gasteiger partial charge in [-0.05, 0) is 30.7 Å². The lowest BCUT2D eigenvalue weighted by Crippen LogP contribution is -2.53. The first-order valence-electron chi connectivity index (χ1n) is 12.5. The van der Waals surface area contributed by atoms with Gasteiger partial charge in [0, 0.05) is 71.1 Å². The molecule has 39 heavy (non-hydrogen) atoms. The Bertz CT molecular complexity index is 1470. The Morgan fingerprint density at radius 3 is 2.44 bits per heavy atom. The molecule has 2 N–H and O–H groups in total. The third-order valence-corrected chi connectivity index (χ3v) is 11.7. The van der Waals surface area contributed by atoms with E-state index in [9.17, 15) is 21.6 Å². The van der Waals surface area contributed by atoms with Crippen LogP contribution in [0.1, 0.15) is 26.2 Å². The molecule has 0 spiro atoms. The summed E-state index contributed by atoms with van der Waals surface area (Å²) in [6.07, 6.45) is 1.08. The highest BCUT2D eigenvalue weighted by atomic mass is 79.9. The number of sulfone groups is 1. The molecular formula is C26H30BrClFN3O5S2. The van der Waals surface area contributed by atoms with Crippen LogP contribution in [0.2, 0.25) is 5.02 Å². The maximum Gasteiger partial charge on any atom is 0.258 e. The molecule has 13 heteroatoms. The highest BCUT2D eigenvalue weighted by molar-refractivity contribution is 9.10. The number of hydrogen-bond acceptors (Lipinski definition) is 6. The first-order valence-corrected chi connectivity index (χ1v) is 16.8. The van der Waals surface area contributed by atoms with Gasteiger partial charge < -0.3 is 10.6 Å². The lowest BCUT2D eigenvalue weighted by Gasteiger charge is -2.35. The molecule has 0 unspecified atom stereocenters. The predicted octanol–water partition coefficient (Wildman–Crippen LogP) is 4.06. The highest BCUT2D eigenvalue weighted by Gasteiger charge is 2.45. The summed E-state index contributed by atoms with van der Waals surface area (Å²) in [5, 5.41) is 6.47. The van der Waals surface area contributed by atoms with Gasteiger partial charge in [0.15, 0.2) is 15.5 Å². The molecule has 2 aliphatic heterocycles. The predicted molar refractivity (Wildman–Crippen MR) is 153 cm³/mol. The van der Waals surface area contributed by atoms with Crippen LogP contribution >= 0.6 is 27.5 Å². The quantitative estimate of drug-likeness (QED) is 0.419. The fourth-order valence-electron chi connectivity index (χ4n) is 4.46.